The molecule has 0 atom stereocenters. The van der Waals surface area contributed by atoms with Crippen LogP contribution in [0.3, 0.4) is 0 Å². The van der Waals surface area contributed by atoms with Gasteiger partial charge in [0, 0.05) is 0 Å². The Morgan fingerprint density at radius 2 is 1.15 bits per heavy atom. The second kappa shape index (κ2) is 15.0. The van der Waals surface area contributed by atoms with Crippen molar-refractivity contribution >= 4 is 15.9 Å². The maximum Gasteiger partial charge on any atom is -0.0253 e. The number of hydrogen-bond acceptors (Lipinski definition) is 0. The van der Waals surface area contributed by atoms with Crippen LogP contribution in [0.25, 0.3) is 11.1 Å². The molecule has 5 aromatic rings. The molecular weight excluding hydrogens is 638 g/mol. The second-order valence-corrected chi connectivity index (χ2v) is 14.8. The smallest absolute Gasteiger partial charge is 0.0253 e. The third-order valence-electron chi connectivity index (χ3n) is 5.30. The number of hydrogen-bond donors (Lipinski definition) is 0. The van der Waals surface area contributed by atoms with Gasteiger partial charge in [-0.25, -0.2) is 12.1 Å². The van der Waals surface area contributed by atoms with Gasteiger partial charge in [-0.05, 0) is 6.42 Å². The summed E-state index contributed by atoms with van der Waals surface area (Å²) in [6, 6.07) is 49.9. The average molecular weight is 662 g/mol. The van der Waals surface area contributed by atoms with E-state index in [4.69, 9.17) is 0 Å². The molecule has 0 saturated heterocycles. The molecule has 0 aromatic heterocycles. The van der Waals surface area contributed by atoms with Crippen LogP contribution >= 0.6 is 0 Å². The third kappa shape index (κ3) is 7.71. The van der Waals surface area contributed by atoms with Gasteiger partial charge in [0.2, 0.25) is 0 Å². The van der Waals surface area contributed by atoms with Gasteiger partial charge in [-0.1, -0.05) is 35.4 Å². The normalized spacial score (nSPS) is 9.94. The molecule has 0 spiro atoms. The van der Waals surface area contributed by atoms with Crippen LogP contribution in [-0.4, -0.2) is 5.49 Å². The van der Waals surface area contributed by atoms with Gasteiger partial charge in [-0.2, -0.15) is 48.0 Å². The predicted octanol–water partition coefficient (Wildman–Crippen LogP) is -0.189. The molecule has 0 heterocycles. The van der Waals surface area contributed by atoms with Crippen LogP contribution in [0.15, 0.2) is 133 Å². The van der Waals surface area contributed by atoms with Crippen molar-refractivity contribution in [2.24, 2.45) is 0 Å². The predicted molar refractivity (Wildman–Crippen MR) is 133 cm³/mol. The molecule has 0 N–H and O–H groups in total. The van der Waals surface area contributed by atoms with E-state index in [0.717, 1.165) is 6.42 Å². The zero-order valence-electron chi connectivity index (χ0n) is 18.7. The van der Waals surface area contributed by atoms with E-state index in [9.17, 15) is 0 Å². The minimum absolute atomic E-state index is 0. The fourth-order valence-electron chi connectivity index (χ4n) is 3.69. The van der Waals surface area contributed by atoms with Gasteiger partial charge in [0.1, 0.15) is 0 Å². The Labute approximate surface area is 230 Å². The first-order valence-electron chi connectivity index (χ1n) is 10.8. The first-order valence-corrected chi connectivity index (χ1v) is 17.7. The van der Waals surface area contributed by atoms with E-state index in [2.05, 4.69) is 103 Å². The Kier molecular flexibility index (Phi) is 12.4. The molecule has 0 unspecified atom stereocenters. The van der Waals surface area contributed by atoms with E-state index in [1.54, 1.807) is 0 Å². The van der Waals surface area contributed by atoms with Crippen LogP contribution in [0, 0.1) is 6.07 Å². The molecule has 6 rings (SSSR count). The van der Waals surface area contributed by atoms with Gasteiger partial charge >= 0.3 is 99.5 Å². The molecule has 4 heteroatoms. The number of rotatable bonds is 2. The maximum absolute atomic E-state index is 3.30. The van der Waals surface area contributed by atoms with Gasteiger partial charge in [-0.3, -0.25) is 0 Å². The van der Waals surface area contributed by atoms with E-state index in [1.807, 2.05) is 36.4 Å². The Balaban J connectivity index is 0.000000191. The topological polar surface area (TPSA) is 0 Å². The van der Waals surface area contributed by atoms with E-state index < -0.39 is 5.49 Å². The molecule has 168 valence electrons. The minimum atomic E-state index is -0.406. The minimum Gasteiger partial charge on any atom is -0.214 e. The van der Waals surface area contributed by atoms with Gasteiger partial charge in [0.05, 0.1) is 0 Å². The van der Waals surface area contributed by atoms with Crippen molar-refractivity contribution in [3.63, 3.8) is 0 Å². The van der Waals surface area contributed by atoms with Crippen LogP contribution in [-0.2, 0) is 29.4 Å². The zero-order chi connectivity index (χ0) is 22.0. The molecule has 0 fully saturated rings. The Morgan fingerprint density at radius 3 is 1.71 bits per heavy atom. The molecule has 5 aromatic carbocycles. The van der Waals surface area contributed by atoms with Crippen LogP contribution in [0.1, 0.15) is 11.1 Å². The molecule has 0 aliphatic heterocycles. The van der Waals surface area contributed by atoms with Gasteiger partial charge < -0.3 is 24.8 Å². The molecule has 1 aliphatic carbocycles. The molecule has 0 bridgehead atoms. The van der Waals surface area contributed by atoms with Crippen molar-refractivity contribution < 1.29 is 47.8 Å². The van der Waals surface area contributed by atoms with E-state index >= 15 is 0 Å². The van der Waals surface area contributed by atoms with E-state index in [0.29, 0.717) is 0 Å². The molecule has 0 nitrogen and oxygen atoms in total. The summed E-state index contributed by atoms with van der Waals surface area (Å²) in [6.07, 6.45) is 1.05. The summed E-state index contributed by atoms with van der Waals surface area (Å²) in [5.74, 6) is 0. The average Bonchev–Trinajstić information content (AvgIpc) is 3.57. The van der Waals surface area contributed by atoms with Gasteiger partial charge in [0.15, 0.2) is 0 Å². The van der Waals surface area contributed by atoms with E-state index in [-0.39, 0.29) is 24.8 Å². The SMILES string of the molecule is [Cl-].[Cl-].[Hf+2]=[Si](c1ccccc1)c1ccccc1.[c-]1cccc2c1Cc1ccccc1-2.c1cc[cH-]c1. The molecule has 1 aliphatic rings. The fourth-order valence-corrected chi connectivity index (χ4v) is 8.67. The largest absolute Gasteiger partial charge is 0.214 e. The summed E-state index contributed by atoms with van der Waals surface area (Å²) < 4.78 is 0. The summed E-state index contributed by atoms with van der Waals surface area (Å²) in [6.45, 7) is 0. The van der Waals surface area contributed by atoms with Crippen molar-refractivity contribution in [2.75, 3.05) is 0 Å². The number of halogens is 2. The first-order chi connectivity index (χ1) is 15.8. The molecule has 0 amide bonds. The quantitative estimate of drug-likeness (QED) is 0.179. The maximum atomic E-state index is 3.30. The van der Waals surface area contributed by atoms with Gasteiger partial charge in [-0.15, -0.1) is 5.56 Å². The van der Waals surface area contributed by atoms with Crippen LogP contribution < -0.4 is 35.2 Å². The zero-order valence-corrected chi connectivity index (χ0v) is 24.8. The first kappa shape index (κ1) is 28.1. The Morgan fingerprint density at radius 1 is 0.618 bits per heavy atom. The molecular formula is C30H24Cl2HfSi-2. The van der Waals surface area contributed by atoms with Gasteiger partial charge in [0.25, 0.3) is 0 Å². The summed E-state index contributed by atoms with van der Waals surface area (Å²) in [4.78, 5) is 0. The van der Waals surface area contributed by atoms with Crippen molar-refractivity contribution in [1.29, 1.82) is 0 Å². The van der Waals surface area contributed by atoms with Crippen molar-refractivity contribution in [2.45, 2.75) is 6.42 Å². The number of fused-ring (bicyclic) bond motifs is 3. The van der Waals surface area contributed by atoms with Crippen molar-refractivity contribution in [3.8, 4) is 11.1 Å². The standard InChI is InChI=1S/C13H9.C12H10Si.C5H5.2ClH.Hf/c1-3-7-12-10(5-1)9-11-6-2-4-8-13(11)12;1-3-7-11(8-4-1)13-12-9-5-2-6-10-12;1-2-4-5-3-1;;;/h1-5,7-8H,9H2;1-10H;1-5H;2*1H;/q-1;;-1;;;+2/p-2. The molecule has 34 heavy (non-hydrogen) atoms. The monoisotopic (exact) mass is 662 g/mol. The Bertz CT molecular complexity index is 1150. The molecule has 0 saturated carbocycles. The summed E-state index contributed by atoms with van der Waals surface area (Å²) in [7, 11) is 0. The second-order valence-electron chi connectivity index (χ2n) is 7.47. The fraction of sp³-hybridized carbons (Fsp3) is 0.0333. The summed E-state index contributed by atoms with van der Waals surface area (Å²) in [5.41, 5.74) is 5.10. The van der Waals surface area contributed by atoms with Crippen LogP contribution in [0.5, 0.6) is 0 Å². The summed E-state index contributed by atoms with van der Waals surface area (Å²) in [5, 5.41) is 3.07. The summed E-state index contributed by atoms with van der Waals surface area (Å²) >= 11 is 1.27. The van der Waals surface area contributed by atoms with Crippen LogP contribution in [0.4, 0.5) is 0 Å². The third-order valence-corrected chi connectivity index (χ3v) is 13.3. The number of benzene rings is 4. The van der Waals surface area contributed by atoms with Crippen molar-refractivity contribution in [3.05, 3.63) is 151 Å². The van der Waals surface area contributed by atoms with E-state index in [1.165, 1.54) is 55.6 Å². The van der Waals surface area contributed by atoms with Crippen LogP contribution in [0.2, 0.25) is 0 Å². The van der Waals surface area contributed by atoms with Crippen molar-refractivity contribution in [1.82, 2.24) is 0 Å². The Hall–Kier alpha value is -2.10. The molecule has 0 radical (unpaired) electrons.